The predicted octanol–water partition coefficient (Wildman–Crippen LogP) is 16.0. The highest BCUT2D eigenvalue weighted by atomic mass is 16.3. The molecule has 11 aromatic rings. The molecule has 0 aliphatic heterocycles. The van der Waals surface area contributed by atoms with Crippen LogP contribution >= 0.6 is 0 Å². The SMILES string of the molecule is c1cc(-c2ccccc2-c2ccc3ccccc3c2)cc(N(c2ccc(-c3ccc4ccccc4c3)cc2)c2ccc(-c3cccc4c3oc3ccccc34)cc2)c1. The number of furan rings is 1. The van der Waals surface area contributed by atoms with E-state index < -0.39 is 0 Å². The standard InChI is InChI=1S/C56H37NO/c1-3-13-42-35-44(25-23-38(42)11-1)40-27-31-47(32-28-40)57(48-33-29-41(30-34-48)52-20-10-21-54-53-19-7-8-22-55(53)58-56(52)54)49-16-9-15-45(37-49)50-17-5-6-18-51(50)46-26-24-39-12-2-4-14-43(39)36-46/h1-37H. The zero-order valence-corrected chi connectivity index (χ0v) is 31.7. The summed E-state index contributed by atoms with van der Waals surface area (Å²) in [5.74, 6) is 0. The number of rotatable bonds is 7. The third-order valence-electron chi connectivity index (χ3n) is 11.5. The zero-order chi connectivity index (χ0) is 38.4. The summed E-state index contributed by atoms with van der Waals surface area (Å²) in [5.41, 5.74) is 14.4. The number of benzene rings is 10. The predicted molar refractivity (Wildman–Crippen MR) is 245 cm³/mol. The van der Waals surface area contributed by atoms with Crippen molar-refractivity contribution < 1.29 is 4.42 Å². The number of para-hydroxylation sites is 2. The van der Waals surface area contributed by atoms with E-state index in [0.29, 0.717) is 0 Å². The number of anilines is 3. The van der Waals surface area contributed by atoms with Crippen molar-refractivity contribution in [3.8, 4) is 44.5 Å². The van der Waals surface area contributed by atoms with Crippen LogP contribution in [0.5, 0.6) is 0 Å². The summed E-state index contributed by atoms with van der Waals surface area (Å²) in [5, 5.41) is 7.23. The van der Waals surface area contributed by atoms with Crippen molar-refractivity contribution in [1.82, 2.24) is 0 Å². The molecule has 0 atom stereocenters. The van der Waals surface area contributed by atoms with Crippen molar-refractivity contribution in [3.63, 3.8) is 0 Å². The van der Waals surface area contributed by atoms with Crippen LogP contribution in [0.1, 0.15) is 0 Å². The van der Waals surface area contributed by atoms with E-state index in [1.807, 2.05) is 12.1 Å². The first-order valence-corrected chi connectivity index (χ1v) is 19.8. The average molecular weight is 740 g/mol. The van der Waals surface area contributed by atoms with Crippen molar-refractivity contribution in [2.45, 2.75) is 0 Å². The second-order valence-corrected chi connectivity index (χ2v) is 14.9. The van der Waals surface area contributed by atoms with Crippen molar-refractivity contribution >= 4 is 60.5 Å². The van der Waals surface area contributed by atoms with Gasteiger partial charge in [0.05, 0.1) is 0 Å². The molecule has 0 fully saturated rings. The maximum absolute atomic E-state index is 6.43. The van der Waals surface area contributed by atoms with Gasteiger partial charge >= 0.3 is 0 Å². The quantitative estimate of drug-likeness (QED) is 0.162. The van der Waals surface area contributed by atoms with Gasteiger partial charge in [0.25, 0.3) is 0 Å². The molecule has 0 saturated heterocycles. The minimum absolute atomic E-state index is 0.905. The molecule has 0 bridgehead atoms. The van der Waals surface area contributed by atoms with E-state index in [2.05, 4.69) is 217 Å². The topological polar surface area (TPSA) is 16.4 Å². The normalized spacial score (nSPS) is 11.4. The lowest BCUT2D eigenvalue weighted by Gasteiger charge is -2.26. The monoisotopic (exact) mass is 739 g/mol. The van der Waals surface area contributed by atoms with Crippen LogP contribution in [0.3, 0.4) is 0 Å². The van der Waals surface area contributed by atoms with Crippen LogP contribution in [0.15, 0.2) is 229 Å². The van der Waals surface area contributed by atoms with E-state index in [-0.39, 0.29) is 0 Å². The molecule has 2 heteroatoms. The molecule has 0 N–H and O–H groups in total. The largest absolute Gasteiger partial charge is 0.455 e. The molecule has 1 heterocycles. The van der Waals surface area contributed by atoms with Crippen molar-refractivity contribution in [3.05, 3.63) is 224 Å². The number of hydrogen-bond donors (Lipinski definition) is 0. The maximum atomic E-state index is 6.43. The van der Waals surface area contributed by atoms with Gasteiger partial charge in [-0.1, -0.05) is 170 Å². The Labute approximate surface area is 337 Å². The van der Waals surface area contributed by atoms with Crippen LogP contribution in [-0.4, -0.2) is 0 Å². The Balaban J connectivity index is 1.01. The Hall–Kier alpha value is -7.68. The molecule has 0 aliphatic rings. The first-order chi connectivity index (χ1) is 28.7. The van der Waals surface area contributed by atoms with E-state index >= 15 is 0 Å². The van der Waals surface area contributed by atoms with Gasteiger partial charge in [-0.05, 0) is 115 Å². The number of nitrogens with zero attached hydrogens (tertiary/aromatic N) is 1. The van der Waals surface area contributed by atoms with Gasteiger partial charge in [-0.15, -0.1) is 0 Å². The number of hydrogen-bond acceptors (Lipinski definition) is 2. The van der Waals surface area contributed by atoms with Gasteiger partial charge < -0.3 is 9.32 Å². The Kier molecular flexibility index (Phi) is 8.19. The van der Waals surface area contributed by atoms with Crippen molar-refractivity contribution in [1.29, 1.82) is 0 Å². The summed E-state index contributed by atoms with van der Waals surface area (Å²) in [7, 11) is 0. The Morgan fingerprint density at radius 1 is 0.276 bits per heavy atom. The fraction of sp³-hybridized carbons (Fsp3) is 0. The maximum Gasteiger partial charge on any atom is 0.143 e. The smallest absolute Gasteiger partial charge is 0.143 e. The first-order valence-electron chi connectivity index (χ1n) is 19.8. The molecular weight excluding hydrogens is 703 g/mol. The fourth-order valence-corrected chi connectivity index (χ4v) is 8.54. The van der Waals surface area contributed by atoms with Crippen LogP contribution in [-0.2, 0) is 0 Å². The molecular formula is C56H37NO. The first kappa shape index (κ1) is 33.6. The Morgan fingerprint density at radius 3 is 1.48 bits per heavy atom. The van der Waals surface area contributed by atoms with E-state index in [1.165, 1.54) is 49.4 Å². The lowest BCUT2D eigenvalue weighted by atomic mass is 9.93. The molecule has 11 rings (SSSR count). The van der Waals surface area contributed by atoms with Gasteiger partial charge in [0, 0.05) is 33.4 Å². The second kappa shape index (κ2) is 14.1. The molecule has 0 spiro atoms. The number of fused-ring (bicyclic) bond motifs is 5. The molecule has 2 nitrogen and oxygen atoms in total. The van der Waals surface area contributed by atoms with Crippen LogP contribution < -0.4 is 4.90 Å². The highest BCUT2D eigenvalue weighted by Gasteiger charge is 2.17. The van der Waals surface area contributed by atoms with E-state index in [9.17, 15) is 0 Å². The third-order valence-corrected chi connectivity index (χ3v) is 11.5. The Bertz CT molecular complexity index is 3280. The van der Waals surface area contributed by atoms with Gasteiger partial charge in [0.15, 0.2) is 0 Å². The molecule has 0 unspecified atom stereocenters. The molecule has 10 aromatic carbocycles. The Morgan fingerprint density at radius 2 is 0.776 bits per heavy atom. The second-order valence-electron chi connectivity index (χ2n) is 14.9. The van der Waals surface area contributed by atoms with Gasteiger partial charge in [-0.3, -0.25) is 0 Å². The minimum Gasteiger partial charge on any atom is -0.455 e. The zero-order valence-electron chi connectivity index (χ0n) is 31.7. The van der Waals surface area contributed by atoms with Gasteiger partial charge in [-0.2, -0.15) is 0 Å². The van der Waals surface area contributed by atoms with Crippen molar-refractivity contribution in [2.75, 3.05) is 4.90 Å². The summed E-state index contributed by atoms with van der Waals surface area (Å²) in [6, 6.07) is 80.8. The lowest BCUT2D eigenvalue weighted by molar-refractivity contribution is 0.670. The van der Waals surface area contributed by atoms with Crippen LogP contribution in [0, 0.1) is 0 Å². The van der Waals surface area contributed by atoms with Gasteiger partial charge in [0.1, 0.15) is 11.2 Å². The van der Waals surface area contributed by atoms with Gasteiger partial charge in [0.2, 0.25) is 0 Å². The third kappa shape index (κ3) is 6.00. The van der Waals surface area contributed by atoms with Crippen LogP contribution in [0.4, 0.5) is 17.1 Å². The van der Waals surface area contributed by atoms with E-state index in [4.69, 9.17) is 4.42 Å². The molecule has 1 aromatic heterocycles. The molecule has 0 radical (unpaired) electrons. The van der Waals surface area contributed by atoms with Crippen molar-refractivity contribution in [2.24, 2.45) is 0 Å². The highest BCUT2D eigenvalue weighted by molar-refractivity contribution is 6.09. The minimum atomic E-state index is 0.905. The summed E-state index contributed by atoms with van der Waals surface area (Å²) in [4.78, 5) is 2.36. The summed E-state index contributed by atoms with van der Waals surface area (Å²) in [6.07, 6.45) is 0. The molecule has 272 valence electrons. The van der Waals surface area contributed by atoms with Crippen LogP contribution in [0.25, 0.3) is 88.0 Å². The average Bonchev–Trinajstić information content (AvgIpc) is 3.69. The summed E-state index contributed by atoms with van der Waals surface area (Å²) < 4.78 is 6.43. The molecule has 0 amide bonds. The van der Waals surface area contributed by atoms with E-state index in [1.54, 1.807) is 0 Å². The highest BCUT2D eigenvalue weighted by Crippen LogP contribution is 2.42. The lowest BCUT2D eigenvalue weighted by Crippen LogP contribution is -2.10. The molecule has 58 heavy (non-hydrogen) atoms. The molecule has 0 saturated carbocycles. The summed E-state index contributed by atoms with van der Waals surface area (Å²) >= 11 is 0. The van der Waals surface area contributed by atoms with Crippen LogP contribution in [0.2, 0.25) is 0 Å². The van der Waals surface area contributed by atoms with E-state index in [0.717, 1.165) is 55.7 Å². The summed E-state index contributed by atoms with van der Waals surface area (Å²) in [6.45, 7) is 0. The fourth-order valence-electron chi connectivity index (χ4n) is 8.54. The molecule has 0 aliphatic carbocycles. The van der Waals surface area contributed by atoms with Gasteiger partial charge in [-0.25, -0.2) is 0 Å².